The van der Waals surface area contributed by atoms with Crippen LogP contribution in [0.4, 0.5) is 0 Å². The van der Waals surface area contributed by atoms with Gasteiger partial charge in [0.25, 0.3) is 0 Å². The number of rotatable bonds is 7. The van der Waals surface area contributed by atoms with E-state index in [9.17, 15) is 0 Å². The van der Waals surface area contributed by atoms with E-state index < -0.39 is 13.3 Å². The van der Waals surface area contributed by atoms with Crippen LogP contribution in [0.2, 0.25) is 17.3 Å². The largest absolute Gasteiger partial charge is 0 e. The zero-order valence-corrected chi connectivity index (χ0v) is 38.1. The Morgan fingerprint density at radius 3 is 2.00 bits per heavy atom. The third kappa shape index (κ3) is 8.07. The second-order valence-electron chi connectivity index (χ2n) is 16.1. The monoisotopic (exact) mass is 984 g/mol. The Labute approximate surface area is 352 Å². The predicted molar refractivity (Wildman–Crippen MR) is 238 cm³/mol. The second-order valence-corrected chi connectivity index (χ2v) is 26.7. The molecule has 0 aliphatic carbocycles. The molecule has 4 nitrogen and oxygen atoms in total. The summed E-state index contributed by atoms with van der Waals surface area (Å²) in [7, 11) is 0. The van der Waals surface area contributed by atoms with E-state index in [1.165, 1.54) is 32.3 Å². The molecule has 0 spiro atoms. The molecule has 0 bridgehead atoms. The first-order chi connectivity index (χ1) is 27.1. The maximum atomic E-state index is 6.47. The van der Waals surface area contributed by atoms with Gasteiger partial charge < -0.3 is 8.98 Å². The number of aromatic nitrogens is 3. The number of benzene rings is 6. The molecule has 0 N–H and O–H groups in total. The smallest absolute Gasteiger partial charge is 0 e. The first-order valence-electron chi connectivity index (χ1n) is 19.6. The Morgan fingerprint density at radius 1 is 0.649 bits per heavy atom. The van der Waals surface area contributed by atoms with E-state index in [0.29, 0.717) is 11.8 Å². The van der Waals surface area contributed by atoms with Crippen LogP contribution < -0.4 is 4.40 Å². The van der Waals surface area contributed by atoms with Gasteiger partial charge in [-0.2, -0.15) is 0 Å². The van der Waals surface area contributed by atoms with Gasteiger partial charge in [-0.15, -0.1) is 18.2 Å². The second kappa shape index (κ2) is 16.8. The minimum absolute atomic E-state index is 0. The minimum Gasteiger partial charge on any atom is 0 e. The Hall–Kier alpha value is -5.07. The van der Waals surface area contributed by atoms with E-state index in [1.54, 1.807) is 0 Å². The average molecular weight is 983 g/mol. The summed E-state index contributed by atoms with van der Waals surface area (Å²) in [5, 5.41) is 2.18. The van der Waals surface area contributed by atoms with Gasteiger partial charge in [-0.05, 0) is 64.4 Å². The molecule has 0 aliphatic rings. The quantitative estimate of drug-likeness (QED) is 0.118. The van der Waals surface area contributed by atoms with Gasteiger partial charge in [0.05, 0.1) is 22.4 Å². The third-order valence-electron chi connectivity index (χ3n) is 10.5. The number of hydrogen-bond acceptors (Lipinski definition) is 3. The summed E-state index contributed by atoms with van der Waals surface area (Å²) >= 11 is -1.72. The summed E-state index contributed by atoms with van der Waals surface area (Å²) in [5.74, 6) is 8.59. The van der Waals surface area contributed by atoms with Crippen molar-refractivity contribution in [2.45, 2.75) is 56.8 Å². The van der Waals surface area contributed by atoms with Crippen molar-refractivity contribution in [2.24, 2.45) is 0 Å². The summed E-state index contributed by atoms with van der Waals surface area (Å²) in [6.45, 7) is 9.12. The molecule has 0 aliphatic heterocycles. The summed E-state index contributed by atoms with van der Waals surface area (Å²) < 4.78 is 10.3. The Morgan fingerprint density at radius 2 is 1.33 bits per heavy atom. The van der Waals surface area contributed by atoms with Gasteiger partial charge in [0.2, 0.25) is 0 Å². The van der Waals surface area contributed by atoms with Crippen molar-refractivity contribution < 1.29 is 24.5 Å². The molecule has 0 amide bonds. The van der Waals surface area contributed by atoms with Crippen LogP contribution in [0.25, 0.3) is 72.4 Å². The molecule has 9 aromatic rings. The molecule has 9 rings (SSSR count). The zero-order valence-electron chi connectivity index (χ0n) is 33.6. The van der Waals surface area contributed by atoms with Crippen molar-refractivity contribution >= 4 is 50.6 Å². The number of pyridine rings is 1. The number of imidazole rings is 1. The summed E-state index contributed by atoms with van der Waals surface area (Å²) in [4.78, 5) is 9.76. The molecule has 0 unspecified atom stereocenters. The van der Waals surface area contributed by atoms with Crippen LogP contribution in [0.5, 0.6) is 0 Å². The van der Waals surface area contributed by atoms with Gasteiger partial charge in [-0.3, -0.25) is 4.98 Å². The molecule has 0 atom stereocenters. The Bertz CT molecular complexity index is 2750. The minimum atomic E-state index is -1.72. The Balaban J connectivity index is 0.000000246. The maximum Gasteiger partial charge on any atom is 0 e. The van der Waals surface area contributed by atoms with Crippen LogP contribution >= 0.6 is 0 Å². The van der Waals surface area contributed by atoms with Crippen LogP contribution in [0, 0.1) is 12.1 Å². The summed E-state index contributed by atoms with van der Waals surface area (Å²) in [6.07, 6.45) is 2.04. The predicted octanol–water partition coefficient (Wildman–Crippen LogP) is 13.4. The topological polar surface area (TPSA) is 43.9 Å². The van der Waals surface area contributed by atoms with Crippen molar-refractivity contribution in [3.63, 3.8) is 0 Å². The molecule has 6 heteroatoms. The third-order valence-corrected chi connectivity index (χ3v) is 14.7. The number of para-hydroxylation sites is 3. The van der Waals surface area contributed by atoms with Gasteiger partial charge in [0.1, 0.15) is 5.58 Å². The number of fused-ring (bicyclic) bond motifs is 4. The van der Waals surface area contributed by atoms with Crippen LogP contribution in [0.15, 0.2) is 150 Å². The number of hydrogen-bond donors (Lipinski definition) is 0. The van der Waals surface area contributed by atoms with E-state index in [4.69, 9.17) is 9.40 Å². The maximum absolute atomic E-state index is 6.47. The van der Waals surface area contributed by atoms with E-state index in [0.717, 1.165) is 55.6 Å². The van der Waals surface area contributed by atoms with E-state index in [-0.39, 0.29) is 20.1 Å². The molecular formula is C51H47GeIrN3O-2. The molecule has 1 radical (unpaired) electrons. The normalized spacial score (nSPS) is 11.6. The molecular weight excluding hydrogens is 935 g/mol. The standard InChI is InChI=1S/C37H31N2O.C14H16GeN.Ir/c1-23(2)30-21-26(25-13-6-5-7-14-25)22-31(24(3)4)35(30)39-33-19-10-9-18-32(33)38-37(39)29-17-12-16-28-27-15-8-11-20-34(27)40-36(28)29;1-15(2,3)13-9-10-14(16-11-13)12-7-5-4-6-8-12;/h5-16,18-24H,1-4H3;4-7,9-11H,1-3H3;/q2*-1;. The van der Waals surface area contributed by atoms with Gasteiger partial charge in [0, 0.05) is 31.2 Å². The van der Waals surface area contributed by atoms with Crippen molar-refractivity contribution in [2.75, 3.05) is 0 Å². The van der Waals surface area contributed by atoms with Crippen LogP contribution in [0.3, 0.4) is 0 Å². The SMILES string of the molecule is CC(C)c1cc(-c2ccccc2)cc(C(C)C)c1-n1c(-c2[c-]ccc3c2oc2ccccc23)nc2ccccc21.[CH3][Ge]([CH3])([CH3])[c]1ccc(-c2[c-]cccc2)nc1.[Ir]. The first kappa shape index (κ1) is 40.1. The Kier molecular flexibility index (Phi) is 11.8. The van der Waals surface area contributed by atoms with Gasteiger partial charge >= 0.3 is 99.8 Å². The van der Waals surface area contributed by atoms with E-state index >= 15 is 0 Å². The zero-order chi connectivity index (χ0) is 39.0. The van der Waals surface area contributed by atoms with Crippen molar-refractivity contribution in [3.8, 4) is 39.5 Å². The molecule has 3 heterocycles. The van der Waals surface area contributed by atoms with E-state index in [1.807, 2.05) is 48.7 Å². The van der Waals surface area contributed by atoms with Crippen molar-refractivity contribution in [1.82, 2.24) is 14.5 Å². The molecule has 287 valence electrons. The van der Waals surface area contributed by atoms with E-state index in [2.05, 4.69) is 164 Å². The molecule has 0 fully saturated rings. The van der Waals surface area contributed by atoms with Crippen molar-refractivity contribution in [1.29, 1.82) is 0 Å². The molecule has 57 heavy (non-hydrogen) atoms. The number of furan rings is 1. The number of nitrogens with zero attached hydrogens (tertiary/aromatic N) is 3. The summed E-state index contributed by atoms with van der Waals surface area (Å²) in [5.41, 5.74) is 13.0. The van der Waals surface area contributed by atoms with Crippen LogP contribution in [0.1, 0.15) is 50.7 Å². The average Bonchev–Trinajstić information content (AvgIpc) is 3.80. The fourth-order valence-electron chi connectivity index (χ4n) is 7.44. The van der Waals surface area contributed by atoms with Crippen molar-refractivity contribution in [3.05, 3.63) is 169 Å². The molecule has 0 saturated carbocycles. The van der Waals surface area contributed by atoms with Gasteiger partial charge in [-0.1, -0.05) is 99.3 Å². The molecule has 0 saturated heterocycles. The van der Waals surface area contributed by atoms with Crippen LogP contribution in [-0.4, -0.2) is 27.8 Å². The van der Waals surface area contributed by atoms with Gasteiger partial charge in [-0.25, -0.2) is 0 Å². The fraction of sp³-hybridized carbons (Fsp3) is 0.176. The molecule has 3 aromatic heterocycles. The van der Waals surface area contributed by atoms with Crippen LogP contribution in [-0.2, 0) is 20.1 Å². The fourth-order valence-corrected chi connectivity index (χ4v) is 9.61. The molecule has 6 aromatic carbocycles. The van der Waals surface area contributed by atoms with Gasteiger partial charge in [0.15, 0.2) is 0 Å². The first-order valence-corrected chi connectivity index (χ1v) is 26.9. The summed E-state index contributed by atoms with van der Waals surface area (Å²) in [6, 6.07) is 55.1.